The standard InChI is InChI=1S/C24H28N2O6S2/c1-23(2,19(21(29)30)25-13-15-9-5-7-11-17(15)27)33-34-24(3,4)20(22(31)32)26-14-16-10-6-8-12-18(16)28/h5-14,19-20,27-28H,1-4H3,(H,29,30)(H,31,32). The van der Waals surface area contributed by atoms with Gasteiger partial charge in [-0.25, -0.2) is 9.59 Å². The molecule has 2 aromatic carbocycles. The molecule has 2 aromatic rings. The molecule has 0 radical (unpaired) electrons. The lowest BCUT2D eigenvalue weighted by atomic mass is 10.0. The Morgan fingerprint density at radius 1 is 0.735 bits per heavy atom. The summed E-state index contributed by atoms with van der Waals surface area (Å²) in [5.41, 5.74) is 0.791. The number of para-hydroxylation sites is 2. The second-order valence-corrected chi connectivity index (χ2v) is 12.0. The van der Waals surface area contributed by atoms with Crippen LogP contribution in [-0.2, 0) is 9.59 Å². The molecule has 0 saturated heterocycles. The van der Waals surface area contributed by atoms with Crippen molar-refractivity contribution < 1.29 is 30.0 Å². The summed E-state index contributed by atoms with van der Waals surface area (Å²) in [6.45, 7) is 6.84. The van der Waals surface area contributed by atoms with E-state index in [9.17, 15) is 30.0 Å². The lowest BCUT2D eigenvalue weighted by Crippen LogP contribution is -2.41. The normalized spacial score (nSPS) is 14.4. The fourth-order valence-electron chi connectivity index (χ4n) is 2.89. The first-order valence-corrected chi connectivity index (χ1v) is 12.4. The Hall–Kier alpha value is -2.98. The number of rotatable bonds is 11. The number of benzene rings is 2. The second-order valence-electron chi connectivity index (χ2n) is 8.53. The maximum Gasteiger partial charge on any atom is 0.329 e. The van der Waals surface area contributed by atoms with E-state index in [2.05, 4.69) is 9.98 Å². The Morgan fingerprint density at radius 3 is 1.35 bits per heavy atom. The van der Waals surface area contributed by atoms with Gasteiger partial charge in [-0.05, 0) is 52.0 Å². The predicted octanol–water partition coefficient (Wildman–Crippen LogP) is 4.48. The SMILES string of the molecule is CC(C)(SSC(C)(C)C(N=Cc1ccccc1O)C(=O)O)C(N=Cc1ccccc1O)C(=O)O. The number of aliphatic imine (C=N–C) groups is 2. The van der Waals surface area contributed by atoms with Crippen molar-refractivity contribution in [1.82, 2.24) is 0 Å². The molecule has 0 spiro atoms. The van der Waals surface area contributed by atoms with E-state index in [0.29, 0.717) is 11.1 Å². The number of aliphatic carboxylic acids is 2. The number of nitrogens with zero attached hydrogens (tertiary/aromatic N) is 2. The van der Waals surface area contributed by atoms with Crippen molar-refractivity contribution in [1.29, 1.82) is 0 Å². The van der Waals surface area contributed by atoms with Gasteiger partial charge in [0.15, 0.2) is 12.1 Å². The summed E-state index contributed by atoms with van der Waals surface area (Å²) >= 11 is 0. The number of carboxylic acids is 2. The summed E-state index contributed by atoms with van der Waals surface area (Å²) in [6, 6.07) is 10.6. The Bertz CT molecular complexity index is 999. The molecule has 0 aromatic heterocycles. The van der Waals surface area contributed by atoms with Crippen molar-refractivity contribution in [2.24, 2.45) is 9.98 Å². The van der Waals surface area contributed by atoms with Crippen LogP contribution in [0, 0.1) is 0 Å². The molecule has 0 aliphatic carbocycles. The summed E-state index contributed by atoms with van der Waals surface area (Å²) in [5.74, 6) is -2.31. The van der Waals surface area contributed by atoms with E-state index in [1.54, 1.807) is 64.1 Å². The third-order valence-electron chi connectivity index (χ3n) is 4.85. The third kappa shape index (κ3) is 7.26. The molecule has 0 fully saturated rings. The molecule has 10 heteroatoms. The molecule has 0 amide bonds. The van der Waals surface area contributed by atoms with Gasteiger partial charge in [-0.2, -0.15) is 0 Å². The number of phenols is 2. The molecule has 34 heavy (non-hydrogen) atoms. The van der Waals surface area contributed by atoms with Gasteiger partial charge in [0.1, 0.15) is 11.5 Å². The number of carboxylic acid groups (broad SMARTS) is 2. The quantitative estimate of drug-likeness (QED) is 0.259. The van der Waals surface area contributed by atoms with Crippen molar-refractivity contribution in [2.75, 3.05) is 0 Å². The van der Waals surface area contributed by atoms with Crippen molar-refractivity contribution >= 4 is 46.0 Å². The summed E-state index contributed by atoms with van der Waals surface area (Å²) < 4.78 is -1.86. The van der Waals surface area contributed by atoms with Crippen LogP contribution in [-0.4, -0.2) is 66.4 Å². The van der Waals surface area contributed by atoms with Gasteiger partial charge in [0.2, 0.25) is 0 Å². The van der Waals surface area contributed by atoms with Crippen molar-refractivity contribution in [3.8, 4) is 11.5 Å². The molecule has 182 valence electrons. The van der Waals surface area contributed by atoms with Crippen LogP contribution in [0.4, 0.5) is 0 Å². The van der Waals surface area contributed by atoms with Gasteiger partial charge in [0, 0.05) is 23.6 Å². The van der Waals surface area contributed by atoms with E-state index < -0.39 is 33.5 Å². The van der Waals surface area contributed by atoms with Gasteiger partial charge in [-0.1, -0.05) is 45.9 Å². The zero-order valence-corrected chi connectivity index (χ0v) is 20.9. The van der Waals surface area contributed by atoms with Crippen molar-refractivity contribution in [3.63, 3.8) is 0 Å². The maximum absolute atomic E-state index is 12.0. The van der Waals surface area contributed by atoms with Gasteiger partial charge >= 0.3 is 11.9 Å². The van der Waals surface area contributed by atoms with Gasteiger partial charge in [0.25, 0.3) is 0 Å². The Labute approximate surface area is 206 Å². The van der Waals surface area contributed by atoms with Gasteiger partial charge in [-0.3, -0.25) is 9.98 Å². The number of hydrogen-bond donors (Lipinski definition) is 4. The Morgan fingerprint density at radius 2 is 1.06 bits per heavy atom. The van der Waals surface area contributed by atoms with E-state index in [0.717, 1.165) is 0 Å². The average Bonchev–Trinajstić information content (AvgIpc) is 2.74. The molecular formula is C24H28N2O6S2. The molecule has 2 rings (SSSR count). The summed E-state index contributed by atoms with van der Waals surface area (Å²) in [5, 5.41) is 39.4. The molecular weight excluding hydrogens is 476 g/mol. The van der Waals surface area contributed by atoms with Crippen LogP contribution in [0.25, 0.3) is 0 Å². The van der Waals surface area contributed by atoms with Crippen molar-refractivity contribution in [3.05, 3.63) is 59.7 Å². The summed E-state index contributed by atoms with van der Waals surface area (Å²) in [7, 11) is 2.41. The highest BCUT2D eigenvalue weighted by molar-refractivity contribution is 8.77. The minimum Gasteiger partial charge on any atom is -0.507 e. The summed E-state index contributed by atoms with van der Waals surface area (Å²) in [4.78, 5) is 32.3. The molecule has 0 aliphatic rings. The van der Waals surface area contributed by atoms with Gasteiger partial charge < -0.3 is 20.4 Å². The molecule has 2 atom stereocenters. The summed E-state index contributed by atoms with van der Waals surface area (Å²) in [6.07, 6.45) is 2.64. The number of phenolic OH excluding ortho intramolecular Hbond substituents is 2. The van der Waals surface area contributed by atoms with Crippen LogP contribution in [0.5, 0.6) is 11.5 Å². The topological polar surface area (TPSA) is 140 Å². The molecule has 0 bridgehead atoms. The highest BCUT2D eigenvalue weighted by Gasteiger charge is 2.41. The largest absolute Gasteiger partial charge is 0.507 e. The predicted molar refractivity (Wildman–Crippen MR) is 138 cm³/mol. The van der Waals surface area contributed by atoms with E-state index >= 15 is 0 Å². The zero-order valence-electron chi connectivity index (χ0n) is 19.2. The second kappa shape index (κ2) is 11.4. The highest BCUT2D eigenvalue weighted by atomic mass is 33.1. The van der Waals surface area contributed by atoms with E-state index in [-0.39, 0.29) is 11.5 Å². The zero-order chi connectivity index (χ0) is 25.5. The first-order valence-electron chi connectivity index (χ1n) is 10.3. The minimum absolute atomic E-state index is 0.0111. The number of carbonyl (C=O) groups is 2. The van der Waals surface area contributed by atoms with E-state index in [4.69, 9.17) is 0 Å². The number of aromatic hydroxyl groups is 2. The maximum atomic E-state index is 12.0. The first-order chi connectivity index (χ1) is 15.8. The van der Waals surface area contributed by atoms with Crippen LogP contribution in [0.15, 0.2) is 58.5 Å². The fraction of sp³-hybridized carbons (Fsp3) is 0.333. The smallest absolute Gasteiger partial charge is 0.329 e. The highest BCUT2D eigenvalue weighted by Crippen LogP contribution is 2.47. The lowest BCUT2D eigenvalue weighted by molar-refractivity contribution is -0.140. The molecule has 2 unspecified atom stereocenters. The van der Waals surface area contributed by atoms with Crippen LogP contribution >= 0.6 is 21.6 Å². The molecule has 0 saturated carbocycles. The first kappa shape index (κ1) is 27.3. The lowest BCUT2D eigenvalue weighted by Gasteiger charge is -2.33. The van der Waals surface area contributed by atoms with Crippen LogP contribution < -0.4 is 0 Å². The van der Waals surface area contributed by atoms with Crippen molar-refractivity contribution in [2.45, 2.75) is 49.3 Å². The van der Waals surface area contributed by atoms with Crippen LogP contribution in [0.2, 0.25) is 0 Å². The fourth-order valence-corrected chi connectivity index (χ4v) is 5.66. The van der Waals surface area contributed by atoms with Gasteiger partial charge in [-0.15, -0.1) is 0 Å². The van der Waals surface area contributed by atoms with E-state index in [1.807, 2.05) is 0 Å². The van der Waals surface area contributed by atoms with Crippen LogP contribution in [0.1, 0.15) is 38.8 Å². The average molecular weight is 505 g/mol. The molecule has 8 nitrogen and oxygen atoms in total. The molecule has 4 N–H and O–H groups in total. The van der Waals surface area contributed by atoms with Gasteiger partial charge in [0.05, 0.1) is 9.49 Å². The molecule has 0 aliphatic heterocycles. The van der Waals surface area contributed by atoms with Crippen LogP contribution in [0.3, 0.4) is 0 Å². The third-order valence-corrected chi connectivity index (χ3v) is 9.07. The Balaban J connectivity index is 2.20. The number of hydrogen-bond acceptors (Lipinski definition) is 8. The molecule has 0 heterocycles. The minimum atomic E-state index is -1.16. The monoisotopic (exact) mass is 504 g/mol. The van der Waals surface area contributed by atoms with E-state index in [1.165, 1.54) is 46.1 Å². The Kier molecular flexibility index (Phi) is 9.17.